The van der Waals surface area contributed by atoms with E-state index < -0.39 is 32.7 Å². The van der Waals surface area contributed by atoms with Crippen molar-refractivity contribution in [2.75, 3.05) is 13.2 Å². The Morgan fingerprint density at radius 3 is 2.03 bits per heavy atom. The van der Waals surface area contributed by atoms with E-state index in [9.17, 15) is 10.2 Å². The number of benzene rings is 1. The fourth-order valence-electron chi connectivity index (χ4n) is 5.37. The Morgan fingerprint density at radius 1 is 0.969 bits per heavy atom. The van der Waals surface area contributed by atoms with Crippen LogP contribution in [0.4, 0.5) is 0 Å². The van der Waals surface area contributed by atoms with Gasteiger partial charge < -0.3 is 24.1 Å². The highest BCUT2D eigenvalue weighted by Gasteiger charge is 2.46. The summed E-state index contributed by atoms with van der Waals surface area (Å²) < 4.78 is 19.2. The van der Waals surface area contributed by atoms with Crippen LogP contribution in [0.5, 0.6) is 0 Å². The molecule has 1 aromatic rings. The van der Waals surface area contributed by atoms with Crippen molar-refractivity contribution in [1.82, 2.24) is 0 Å². The van der Waals surface area contributed by atoms with Crippen LogP contribution in [0, 0.1) is 0 Å². The molecule has 0 radical (unpaired) electrons. The van der Waals surface area contributed by atoms with Gasteiger partial charge in [-0.25, -0.2) is 0 Å². The average molecular weight is 465 g/mol. The fourth-order valence-corrected chi connectivity index (χ4v) is 10.8. The molecule has 6 heteroatoms. The normalized spacial score (nSPS) is 24.2. The molecular formula is C26H44O5Si. The predicted octanol–water partition coefficient (Wildman–Crippen LogP) is 5.39. The minimum atomic E-state index is -2.08. The van der Waals surface area contributed by atoms with Gasteiger partial charge in [0.15, 0.2) is 8.32 Å². The number of ether oxygens (including phenoxy) is 2. The van der Waals surface area contributed by atoms with Gasteiger partial charge in [0.1, 0.15) is 24.4 Å². The average Bonchev–Trinajstić information content (AvgIpc) is 2.73. The summed E-state index contributed by atoms with van der Waals surface area (Å²) >= 11 is 0. The molecule has 2 N–H and O–H groups in total. The van der Waals surface area contributed by atoms with Gasteiger partial charge in [-0.3, -0.25) is 0 Å². The first-order valence-corrected chi connectivity index (χ1v) is 14.2. The second-order valence-electron chi connectivity index (χ2n) is 10.0. The molecule has 0 unspecified atom stereocenters. The van der Waals surface area contributed by atoms with Crippen LogP contribution in [0.1, 0.15) is 67.1 Å². The van der Waals surface area contributed by atoms with Gasteiger partial charge in [0.25, 0.3) is 0 Å². The Balaban J connectivity index is 2.15. The van der Waals surface area contributed by atoms with Gasteiger partial charge in [-0.1, -0.05) is 78.0 Å². The second-order valence-corrected chi connectivity index (χ2v) is 15.5. The lowest BCUT2D eigenvalue weighted by Gasteiger charge is -2.44. The van der Waals surface area contributed by atoms with Gasteiger partial charge >= 0.3 is 0 Å². The van der Waals surface area contributed by atoms with Crippen LogP contribution in [0.3, 0.4) is 0 Å². The summed E-state index contributed by atoms with van der Waals surface area (Å²) in [5.41, 5.74) is 3.28. The highest BCUT2D eigenvalue weighted by molar-refractivity contribution is 6.77. The molecule has 0 amide bonds. The van der Waals surface area contributed by atoms with Crippen LogP contribution >= 0.6 is 0 Å². The molecule has 0 aliphatic carbocycles. The molecule has 0 bridgehead atoms. The fraction of sp³-hybridized carbons (Fsp3) is 0.692. The van der Waals surface area contributed by atoms with Crippen molar-refractivity contribution in [3.8, 4) is 0 Å². The SMILES string of the molecule is CC1=C[C@H](O)[C@@H](CO[Si](C(C)C)(C(C)C)C(C)C)O[C@H]1[C@@H](CO)O[C@@H](C)c1ccccc1. The van der Waals surface area contributed by atoms with Crippen LogP contribution < -0.4 is 0 Å². The molecule has 5 atom stereocenters. The highest BCUT2D eigenvalue weighted by Crippen LogP contribution is 2.42. The zero-order chi connectivity index (χ0) is 24.1. The molecule has 1 aliphatic rings. The molecule has 1 aliphatic heterocycles. The first-order valence-electron chi connectivity index (χ1n) is 12.0. The zero-order valence-electron chi connectivity index (χ0n) is 21.1. The number of aliphatic hydroxyl groups excluding tert-OH is 2. The lowest BCUT2D eigenvalue weighted by atomic mass is 9.98. The monoisotopic (exact) mass is 464 g/mol. The van der Waals surface area contributed by atoms with Crippen molar-refractivity contribution in [3.05, 3.63) is 47.5 Å². The third kappa shape index (κ3) is 6.10. The van der Waals surface area contributed by atoms with E-state index in [1.165, 1.54) is 0 Å². The summed E-state index contributed by atoms with van der Waals surface area (Å²) in [6, 6.07) is 9.94. The van der Waals surface area contributed by atoms with Gasteiger partial charge in [-0.2, -0.15) is 0 Å². The highest BCUT2D eigenvalue weighted by atomic mass is 28.4. The Hall–Kier alpha value is -1.02. The van der Waals surface area contributed by atoms with Crippen LogP contribution in [0.25, 0.3) is 0 Å². The Labute approximate surface area is 195 Å². The van der Waals surface area contributed by atoms with Crippen molar-refractivity contribution >= 4 is 8.32 Å². The quantitative estimate of drug-likeness (QED) is 0.339. The van der Waals surface area contributed by atoms with Crippen LogP contribution in [-0.2, 0) is 13.9 Å². The first-order chi connectivity index (χ1) is 15.0. The summed E-state index contributed by atoms with van der Waals surface area (Å²) in [5, 5.41) is 20.8. The smallest absolute Gasteiger partial charge is 0.200 e. The molecular weight excluding hydrogens is 420 g/mol. The molecule has 1 heterocycles. The molecule has 0 saturated heterocycles. The molecule has 2 rings (SSSR count). The van der Waals surface area contributed by atoms with Crippen molar-refractivity contribution in [1.29, 1.82) is 0 Å². The van der Waals surface area contributed by atoms with Crippen molar-refractivity contribution in [2.24, 2.45) is 0 Å². The maximum Gasteiger partial charge on any atom is 0.200 e. The number of hydrogen-bond donors (Lipinski definition) is 2. The lowest BCUT2D eigenvalue weighted by Crippen LogP contribution is -2.52. The lowest BCUT2D eigenvalue weighted by molar-refractivity contribution is -0.152. The van der Waals surface area contributed by atoms with Crippen LogP contribution in [-0.4, -0.2) is 56.2 Å². The Kier molecular flexibility index (Phi) is 10.1. The largest absolute Gasteiger partial charge is 0.413 e. The summed E-state index contributed by atoms with van der Waals surface area (Å²) in [5.74, 6) is 0. The summed E-state index contributed by atoms with van der Waals surface area (Å²) in [7, 11) is -2.08. The maximum atomic E-state index is 10.7. The molecule has 0 spiro atoms. The van der Waals surface area contributed by atoms with Gasteiger partial charge in [-0.15, -0.1) is 0 Å². The van der Waals surface area contributed by atoms with Crippen LogP contribution in [0.2, 0.25) is 16.6 Å². The van der Waals surface area contributed by atoms with Crippen molar-refractivity contribution in [2.45, 2.75) is 103 Å². The van der Waals surface area contributed by atoms with E-state index in [0.29, 0.717) is 23.2 Å². The predicted molar refractivity (Wildman–Crippen MR) is 132 cm³/mol. The van der Waals surface area contributed by atoms with Gasteiger partial charge in [0.2, 0.25) is 0 Å². The molecule has 182 valence electrons. The molecule has 0 aromatic heterocycles. The third-order valence-electron chi connectivity index (χ3n) is 6.95. The third-order valence-corrected chi connectivity index (χ3v) is 13.0. The minimum absolute atomic E-state index is 0.167. The second kappa shape index (κ2) is 11.9. The minimum Gasteiger partial charge on any atom is -0.413 e. The van der Waals surface area contributed by atoms with Gasteiger partial charge in [0, 0.05) is 0 Å². The summed E-state index contributed by atoms with van der Waals surface area (Å²) in [6.07, 6.45) is -0.554. The molecule has 0 fully saturated rings. The van der Waals surface area contributed by atoms with Gasteiger partial charge in [0.05, 0.1) is 19.3 Å². The number of rotatable bonds is 11. The molecule has 1 aromatic carbocycles. The topological polar surface area (TPSA) is 68.2 Å². The Bertz CT molecular complexity index is 696. The van der Waals surface area contributed by atoms with E-state index in [1.54, 1.807) is 0 Å². The summed E-state index contributed by atoms with van der Waals surface area (Å²) in [4.78, 5) is 0. The Morgan fingerprint density at radius 2 is 1.53 bits per heavy atom. The van der Waals surface area contributed by atoms with E-state index in [-0.39, 0.29) is 12.7 Å². The van der Waals surface area contributed by atoms with Crippen molar-refractivity contribution in [3.63, 3.8) is 0 Å². The molecule has 5 nitrogen and oxygen atoms in total. The molecule has 0 saturated carbocycles. The maximum absolute atomic E-state index is 10.7. The van der Waals surface area contributed by atoms with E-state index in [1.807, 2.05) is 50.3 Å². The van der Waals surface area contributed by atoms with E-state index in [2.05, 4.69) is 41.5 Å². The van der Waals surface area contributed by atoms with Crippen LogP contribution in [0.15, 0.2) is 42.0 Å². The zero-order valence-corrected chi connectivity index (χ0v) is 22.1. The van der Waals surface area contributed by atoms with Gasteiger partial charge in [-0.05, 0) is 41.6 Å². The van der Waals surface area contributed by atoms with Crippen molar-refractivity contribution < 1.29 is 24.1 Å². The first kappa shape index (κ1) is 27.2. The molecule has 32 heavy (non-hydrogen) atoms. The van der Waals surface area contributed by atoms with E-state index in [4.69, 9.17) is 13.9 Å². The number of hydrogen-bond acceptors (Lipinski definition) is 5. The summed E-state index contributed by atoms with van der Waals surface area (Å²) in [6.45, 7) is 17.6. The van der Waals surface area contributed by atoms with E-state index >= 15 is 0 Å². The standard InChI is InChI=1S/C26H44O5Si/c1-17(2)32(18(3)4,19(5)6)29-16-25-23(28)14-20(7)26(31-25)24(15-27)30-21(8)22-12-10-9-11-13-22/h9-14,17-19,21,23-28H,15-16H2,1-8H3/t21-,23-,24+,25+,26+/m0/s1. The number of aliphatic hydroxyl groups is 2. The van der Waals surface area contributed by atoms with E-state index in [0.717, 1.165) is 11.1 Å².